The van der Waals surface area contributed by atoms with Crippen LogP contribution in [0.15, 0.2) is 0 Å². The number of aliphatic hydroxyl groups excluding tert-OH is 15. The fourth-order valence-corrected chi connectivity index (χ4v) is 8.10. The fourth-order valence-electron chi connectivity index (χ4n) is 8.10. The van der Waals surface area contributed by atoms with Gasteiger partial charge in [0.15, 0.2) is 0 Å². The summed E-state index contributed by atoms with van der Waals surface area (Å²) in [7, 11) is 0. The molecule has 115 heavy (non-hydrogen) atoms. The van der Waals surface area contributed by atoms with Gasteiger partial charge in [-0.1, -0.05) is 0 Å². The summed E-state index contributed by atoms with van der Waals surface area (Å²) in [5, 5.41) is 158. The molecule has 0 aromatic rings. The standard InChI is InChI=1S/C72H124O43/c1-60(21-73,22-74)49(88)109-37-67(8,36-104-44-71(12,99)35-87)56(95)105-17-13-100-45-72(46-101-14-18-106-57(96)68(9,38-110-50(89)61(2,23-75)24-76)39-111-51(90)62(3,25-77)26-78,47-102-15-19-107-58(97)69(10,40-112-52(91)63(4,27-79)28-80)41-113-53(92)64(5,29-81)30-82)48-103-16-20-108-59(98)70(11,42-114-54(93)65(6,31-83)32-84)43-115-55(94)66(7,33-85)34-86/h73-87,99H,13-48H2,1-12H3. The third kappa shape index (κ3) is 32.9. The summed E-state index contributed by atoms with van der Waals surface area (Å²) < 4.78 is 89.1. The van der Waals surface area contributed by atoms with Gasteiger partial charge in [0, 0.05) is 0 Å². The molecular weight excluding hydrogens is 1550 g/mol. The van der Waals surface area contributed by atoms with E-state index in [1.165, 1.54) is 20.8 Å². The Morgan fingerprint density at radius 2 is 0.322 bits per heavy atom. The molecule has 16 N–H and O–H groups in total. The molecule has 43 heteroatoms. The minimum Gasteiger partial charge on any atom is -0.464 e. The van der Waals surface area contributed by atoms with Gasteiger partial charge in [-0.3, -0.25) is 52.7 Å². The Balaban J connectivity index is 8.09. The lowest BCUT2D eigenvalue weighted by Crippen LogP contribution is -2.46. The molecule has 2 unspecified atom stereocenters. The normalized spacial score (nSPS) is 13.9. The SMILES string of the molecule is CC(O)(CO)COCC(C)(COC(=O)C(C)(CO)CO)C(=O)OCCOCC(COCCOC(=O)C(C)(COC(=O)C(C)(CO)CO)COC(=O)C(C)(CO)CO)(COCCOC(=O)C(C)(COC(=O)C(C)(CO)CO)COC(=O)C(C)(CO)CO)COCCOC(=O)C(C)(COC(=O)C(C)(CO)CO)COC(=O)C(C)(CO)CO. The molecule has 2 atom stereocenters. The Bertz CT molecular complexity index is 2650. The second kappa shape index (κ2) is 49.7. The molecule has 670 valence electrons. The van der Waals surface area contributed by atoms with Crippen molar-refractivity contribution in [1.29, 1.82) is 0 Å². The highest BCUT2D eigenvalue weighted by atomic mass is 16.6. The Morgan fingerprint density at radius 1 is 0.174 bits per heavy atom. The molecule has 0 aliphatic rings. The maximum absolute atomic E-state index is 14.1. The zero-order chi connectivity index (χ0) is 88.6. The molecule has 43 nitrogen and oxygen atoms in total. The molecule has 0 amide bonds. The minimum atomic E-state index is -2.13. The first kappa shape index (κ1) is 108. The highest BCUT2D eigenvalue weighted by molar-refractivity contribution is 5.84. The highest BCUT2D eigenvalue weighted by Crippen LogP contribution is 2.32. The Kier molecular flexibility index (Phi) is 46.8. The smallest absolute Gasteiger partial charge is 0.318 e. The van der Waals surface area contributed by atoms with E-state index < -0.39 is 374 Å². The van der Waals surface area contributed by atoms with Crippen molar-refractivity contribution in [2.75, 3.05) is 238 Å². The summed E-state index contributed by atoms with van der Waals surface area (Å²) in [6, 6.07) is 0. The van der Waals surface area contributed by atoms with Crippen molar-refractivity contribution in [2.24, 2.45) is 65.0 Å². The fraction of sp³-hybridized carbons (Fsp3) is 0.847. The topological polar surface area (TPSA) is 659 Å². The van der Waals surface area contributed by atoms with E-state index in [0.29, 0.717) is 0 Å². The monoisotopic (exact) mass is 1680 g/mol. The molecule has 0 saturated heterocycles. The Labute approximate surface area is 665 Å². The van der Waals surface area contributed by atoms with E-state index in [1.54, 1.807) is 0 Å². The van der Waals surface area contributed by atoms with Crippen molar-refractivity contribution < 1.29 is 210 Å². The van der Waals surface area contributed by atoms with Crippen LogP contribution in [-0.2, 0) is 129 Å². The van der Waals surface area contributed by atoms with Gasteiger partial charge in [0.25, 0.3) is 0 Å². The van der Waals surface area contributed by atoms with Crippen LogP contribution in [0.1, 0.15) is 83.1 Å². The second-order valence-electron chi connectivity index (χ2n) is 31.8. The predicted molar refractivity (Wildman–Crippen MR) is 383 cm³/mol. The lowest BCUT2D eigenvalue weighted by molar-refractivity contribution is -0.182. The third-order valence-corrected chi connectivity index (χ3v) is 18.6. The molecule has 0 saturated carbocycles. The largest absolute Gasteiger partial charge is 0.464 e. The van der Waals surface area contributed by atoms with Gasteiger partial charge in [0.05, 0.1) is 171 Å². The molecule has 0 aliphatic carbocycles. The average molecular weight is 1680 g/mol. The van der Waals surface area contributed by atoms with Gasteiger partial charge in [-0.2, -0.15) is 0 Å². The molecule has 0 bridgehead atoms. The highest BCUT2D eigenvalue weighted by Gasteiger charge is 2.49. The number of carbonyl (C=O) groups is 11. The molecular formula is C72H124O43. The first-order valence-corrected chi connectivity index (χ1v) is 36.2. The number of carbonyl (C=O) groups excluding carboxylic acids is 11. The van der Waals surface area contributed by atoms with Crippen molar-refractivity contribution >= 4 is 65.7 Å². The van der Waals surface area contributed by atoms with E-state index >= 15 is 0 Å². The van der Waals surface area contributed by atoms with E-state index in [4.69, 9.17) is 75.8 Å². The van der Waals surface area contributed by atoms with Crippen LogP contribution in [0.25, 0.3) is 0 Å². The van der Waals surface area contributed by atoms with Crippen LogP contribution < -0.4 is 0 Å². The number of rotatable bonds is 64. The van der Waals surface area contributed by atoms with E-state index in [1.807, 2.05) is 0 Å². The molecule has 0 aromatic carbocycles. The first-order chi connectivity index (χ1) is 53.5. The number of hydrogen-bond acceptors (Lipinski definition) is 43. The quantitative estimate of drug-likeness (QED) is 0.0153. The maximum atomic E-state index is 14.1. The molecule has 0 heterocycles. The average Bonchev–Trinajstić information content (AvgIpc) is 0.830. The van der Waals surface area contributed by atoms with Gasteiger partial charge in [0.1, 0.15) is 138 Å². The van der Waals surface area contributed by atoms with Crippen molar-refractivity contribution in [3.05, 3.63) is 0 Å². The summed E-state index contributed by atoms with van der Waals surface area (Å²) in [6.07, 6.45) is 0. The Hall–Kier alpha value is -6.67. The number of ether oxygens (including phenoxy) is 16. The second-order valence-corrected chi connectivity index (χ2v) is 31.8. The summed E-state index contributed by atoms with van der Waals surface area (Å²) in [5.74, 6) is -13.2. The predicted octanol–water partition coefficient (Wildman–Crippen LogP) is -7.26. The van der Waals surface area contributed by atoms with Crippen LogP contribution in [-0.4, -0.2) is 391 Å². The van der Waals surface area contributed by atoms with Crippen LogP contribution in [0, 0.1) is 65.0 Å². The minimum absolute atomic E-state index is 0.554. The molecule has 0 aromatic heterocycles. The lowest BCUT2D eigenvalue weighted by Gasteiger charge is -2.33. The molecule has 0 spiro atoms. The summed E-state index contributed by atoms with van der Waals surface area (Å²) in [5.41, 5.74) is -25.1. The van der Waals surface area contributed by atoms with Gasteiger partial charge in [0.2, 0.25) is 0 Å². The van der Waals surface area contributed by atoms with Crippen molar-refractivity contribution in [2.45, 2.75) is 88.7 Å². The van der Waals surface area contributed by atoms with Crippen LogP contribution in [0.4, 0.5) is 0 Å². The molecule has 0 rings (SSSR count). The van der Waals surface area contributed by atoms with Gasteiger partial charge in [-0.25, -0.2) is 0 Å². The molecule has 0 fully saturated rings. The summed E-state index contributed by atoms with van der Waals surface area (Å²) in [6.45, 7) is -15.1. The van der Waals surface area contributed by atoms with Crippen LogP contribution >= 0.6 is 0 Å². The van der Waals surface area contributed by atoms with Crippen molar-refractivity contribution in [3.63, 3.8) is 0 Å². The van der Waals surface area contributed by atoms with Gasteiger partial charge in [-0.05, 0) is 83.1 Å². The lowest BCUT2D eigenvalue weighted by atomic mass is 9.90. The van der Waals surface area contributed by atoms with Crippen LogP contribution in [0.2, 0.25) is 0 Å². The molecule has 0 aliphatic heterocycles. The zero-order valence-electron chi connectivity index (χ0n) is 67.6. The number of esters is 11. The number of aliphatic hydroxyl groups is 16. The van der Waals surface area contributed by atoms with Crippen molar-refractivity contribution in [3.8, 4) is 0 Å². The van der Waals surface area contributed by atoms with E-state index in [2.05, 4.69) is 0 Å². The van der Waals surface area contributed by atoms with Gasteiger partial charge >= 0.3 is 65.7 Å². The summed E-state index contributed by atoms with van der Waals surface area (Å²) in [4.78, 5) is 148. The van der Waals surface area contributed by atoms with Crippen molar-refractivity contribution in [1.82, 2.24) is 0 Å². The number of hydrogen-bond donors (Lipinski definition) is 16. The summed E-state index contributed by atoms with van der Waals surface area (Å²) >= 11 is 0. The van der Waals surface area contributed by atoms with E-state index in [0.717, 1.165) is 62.3 Å². The first-order valence-electron chi connectivity index (χ1n) is 36.2. The van der Waals surface area contributed by atoms with E-state index in [-0.39, 0.29) is 0 Å². The van der Waals surface area contributed by atoms with Crippen LogP contribution in [0.3, 0.4) is 0 Å². The van der Waals surface area contributed by atoms with Gasteiger partial charge in [-0.15, -0.1) is 0 Å². The van der Waals surface area contributed by atoms with Gasteiger partial charge < -0.3 is 157 Å². The molecule has 0 radical (unpaired) electrons. The third-order valence-electron chi connectivity index (χ3n) is 18.6. The van der Waals surface area contributed by atoms with E-state index in [9.17, 15) is 134 Å². The van der Waals surface area contributed by atoms with Crippen LogP contribution in [0.5, 0.6) is 0 Å². The Morgan fingerprint density at radius 3 is 0.470 bits per heavy atom. The maximum Gasteiger partial charge on any atom is 0.318 e. The zero-order valence-corrected chi connectivity index (χ0v) is 67.6.